The minimum Gasteiger partial charge on any atom is -0.295 e. The first-order valence-electron chi connectivity index (χ1n) is 7.10. The van der Waals surface area contributed by atoms with Gasteiger partial charge in [0.15, 0.2) is 0 Å². The van der Waals surface area contributed by atoms with E-state index in [0.717, 1.165) is 19.3 Å². The third-order valence-corrected chi connectivity index (χ3v) is 5.04. The predicted octanol–water partition coefficient (Wildman–Crippen LogP) is 0.404. The molecule has 1 aromatic rings. The Kier molecular flexibility index (Phi) is 5.68. The Bertz CT molecular complexity index is 695. The number of nitrogens with zero attached hydrogens (tertiary/aromatic N) is 4. The van der Waals surface area contributed by atoms with Crippen molar-refractivity contribution in [2.45, 2.75) is 31.8 Å². The molecule has 1 aromatic heterocycles. The van der Waals surface area contributed by atoms with Crippen molar-refractivity contribution in [2.75, 3.05) is 24.6 Å². The lowest BCUT2D eigenvalue weighted by Crippen LogP contribution is -2.32. The van der Waals surface area contributed by atoms with Crippen molar-refractivity contribution in [3.8, 4) is 0 Å². The van der Waals surface area contributed by atoms with Crippen LogP contribution in [0.25, 0.3) is 0 Å². The largest absolute Gasteiger partial charge is 0.303 e. The molecular weight excluding hydrogens is 354 g/mol. The molecule has 2 rings (SSSR count). The van der Waals surface area contributed by atoms with Crippen LogP contribution in [0.15, 0.2) is 6.20 Å². The summed E-state index contributed by atoms with van der Waals surface area (Å²) in [4.78, 5) is 1.32. The molecule has 0 unspecified atom stereocenters. The maximum atomic E-state index is 12.6. The summed E-state index contributed by atoms with van der Waals surface area (Å²) in [6, 6.07) is 0.294. The first kappa shape index (κ1) is 18.2. The Hall–Kier alpha value is -1.14. The SMILES string of the molecule is O=S(=O)(F)CCN(CCS(=O)(=O)F)Cc1cn(C2CCC2)nn1. The molecule has 1 aliphatic carbocycles. The van der Waals surface area contributed by atoms with Crippen molar-refractivity contribution in [3.63, 3.8) is 0 Å². The summed E-state index contributed by atoms with van der Waals surface area (Å²) < 4.78 is 69.4. The highest BCUT2D eigenvalue weighted by Gasteiger charge is 2.22. The molecule has 0 atom stereocenters. The summed E-state index contributed by atoms with van der Waals surface area (Å²) in [7, 11) is -9.39. The van der Waals surface area contributed by atoms with Crippen molar-refractivity contribution in [2.24, 2.45) is 0 Å². The fourth-order valence-corrected chi connectivity index (χ4v) is 3.14. The van der Waals surface area contributed by atoms with Gasteiger partial charge in [0.05, 0.1) is 29.4 Å². The fourth-order valence-electron chi connectivity index (χ4n) is 2.19. The lowest BCUT2D eigenvalue weighted by Gasteiger charge is -2.24. The van der Waals surface area contributed by atoms with Gasteiger partial charge in [0, 0.05) is 19.6 Å². The molecule has 23 heavy (non-hydrogen) atoms. The molecule has 8 nitrogen and oxygen atoms in total. The Morgan fingerprint density at radius 2 is 1.70 bits per heavy atom. The summed E-state index contributed by atoms with van der Waals surface area (Å²) in [5.74, 6) is -1.59. The van der Waals surface area contributed by atoms with Crippen LogP contribution in [0.3, 0.4) is 0 Å². The molecule has 0 saturated heterocycles. The average molecular weight is 372 g/mol. The van der Waals surface area contributed by atoms with E-state index < -0.39 is 32.0 Å². The van der Waals surface area contributed by atoms with Gasteiger partial charge in [-0.05, 0) is 19.3 Å². The lowest BCUT2D eigenvalue weighted by atomic mass is 9.93. The van der Waals surface area contributed by atoms with E-state index in [1.165, 1.54) is 4.90 Å². The molecule has 1 saturated carbocycles. The van der Waals surface area contributed by atoms with E-state index in [4.69, 9.17) is 0 Å². The van der Waals surface area contributed by atoms with E-state index in [2.05, 4.69) is 10.3 Å². The number of halogens is 2. The van der Waals surface area contributed by atoms with Crippen molar-refractivity contribution in [1.29, 1.82) is 0 Å². The molecule has 12 heteroatoms. The van der Waals surface area contributed by atoms with Crippen molar-refractivity contribution < 1.29 is 24.6 Å². The zero-order valence-electron chi connectivity index (χ0n) is 12.3. The van der Waals surface area contributed by atoms with Gasteiger partial charge in [0.25, 0.3) is 0 Å². The van der Waals surface area contributed by atoms with Crippen LogP contribution < -0.4 is 0 Å². The smallest absolute Gasteiger partial charge is 0.295 e. The zero-order chi connectivity index (χ0) is 17.1. The molecule has 0 radical (unpaired) electrons. The number of hydrogen-bond donors (Lipinski definition) is 0. The van der Waals surface area contributed by atoms with Crippen LogP contribution in [0.1, 0.15) is 31.0 Å². The monoisotopic (exact) mass is 372 g/mol. The summed E-state index contributed by atoms with van der Waals surface area (Å²) in [5, 5.41) is 7.90. The minimum atomic E-state index is -4.69. The summed E-state index contributed by atoms with van der Waals surface area (Å²) in [6.45, 7) is -0.451. The Morgan fingerprint density at radius 3 is 2.13 bits per heavy atom. The fraction of sp³-hybridized carbons (Fsp3) is 0.818. The van der Waals surface area contributed by atoms with Gasteiger partial charge in [-0.2, -0.15) is 16.8 Å². The van der Waals surface area contributed by atoms with Gasteiger partial charge < -0.3 is 0 Å². The molecule has 0 N–H and O–H groups in total. The number of rotatable bonds is 9. The maximum absolute atomic E-state index is 12.6. The van der Waals surface area contributed by atoms with E-state index in [1.807, 2.05) is 0 Å². The van der Waals surface area contributed by atoms with E-state index in [9.17, 15) is 24.6 Å². The molecular formula is C11H18F2N4O4S2. The third kappa shape index (κ3) is 6.47. The Morgan fingerprint density at radius 1 is 1.13 bits per heavy atom. The third-order valence-electron chi connectivity index (χ3n) is 3.69. The van der Waals surface area contributed by atoms with Crippen molar-refractivity contribution in [1.82, 2.24) is 19.9 Å². The lowest BCUT2D eigenvalue weighted by molar-refractivity contribution is 0.283. The highest BCUT2D eigenvalue weighted by atomic mass is 32.3. The van der Waals surface area contributed by atoms with Gasteiger partial charge >= 0.3 is 20.4 Å². The van der Waals surface area contributed by atoms with Gasteiger partial charge in [0.1, 0.15) is 0 Å². The number of aromatic nitrogens is 3. The van der Waals surface area contributed by atoms with Gasteiger partial charge in [0.2, 0.25) is 0 Å². The normalized spacial score (nSPS) is 16.7. The second kappa shape index (κ2) is 7.18. The van der Waals surface area contributed by atoms with Gasteiger partial charge in [-0.15, -0.1) is 12.9 Å². The Balaban J connectivity index is 1.98. The molecule has 0 aliphatic heterocycles. The first-order chi connectivity index (χ1) is 10.6. The topological polar surface area (TPSA) is 102 Å². The van der Waals surface area contributed by atoms with E-state index >= 15 is 0 Å². The van der Waals surface area contributed by atoms with Gasteiger partial charge in [-0.25, -0.2) is 4.68 Å². The standard InChI is InChI=1S/C11H18F2N4O4S2/c12-22(18,19)6-4-16(5-7-23(13,20)21)8-10-9-17(15-14-10)11-2-1-3-11/h9,11H,1-8H2. The zero-order valence-corrected chi connectivity index (χ0v) is 13.9. The van der Waals surface area contributed by atoms with Crippen LogP contribution in [0.4, 0.5) is 7.77 Å². The van der Waals surface area contributed by atoms with E-state index in [-0.39, 0.29) is 19.6 Å². The second-order valence-corrected chi connectivity index (χ2v) is 8.51. The average Bonchev–Trinajstić information content (AvgIpc) is 2.76. The maximum Gasteiger partial charge on any atom is 0.303 e. The first-order valence-corrected chi connectivity index (χ1v) is 10.2. The van der Waals surface area contributed by atoms with Crippen LogP contribution in [-0.2, 0) is 27.0 Å². The van der Waals surface area contributed by atoms with Gasteiger partial charge in [-0.1, -0.05) is 5.21 Å². The molecule has 0 aromatic carbocycles. The van der Waals surface area contributed by atoms with Crippen LogP contribution in [-0.4, -0.2) is 61.3 Å². The number of hydrogen-bond acceptors (Lipinski definition) is 7. The Labute approximate surface area is 133 Å². The van der Waals surface area contributed by atoms with E-state index in [1.54, 1.807) is 10.9 Å². The molecule has 132 valence electrons. The molecule has 0 bridgehead atoms. The second-order valence-electron chi connectivity index (χ2n) is 5.54. The minimum absolute atomic E-state index is 0.0672. The highest BCUT2D eigenvalue weighted by Crippen LogP contribution is 2.30. The molecule has 1 fully saturated rings. The van der Waals surface area contributed by atoms with Crippen LogP contribution in [0.2, 0.25) is 0 Å². The molecule has 1 aliphatic rings. The quantitative estimate of drug-likeness (QED) is 0.578. The van der Waals surface area contributed by atoms with Crippen molar-refractivity contribution in [3.05, 3.63) is 11.9 Å². The van der Waals surface area contributed by atoms with E-state index in [0.29, 0.717) is 11.7 Å². The predicted molar refractivity (Wildman–Crippen MR) is 78.0 cm³/mol. The summed E-state index contributed by atoms with van der Waals surface area (Å²) in [6.07, 6.45) is 4.82. The van der Waals surface area contributed by atoms with Crippen LogP contribution in [0.5, 0.6) is 0 Å². The van der Waals surface area contributed by atoms with Crippen LogP contribution in [0, 0.1) is 0 Å². The summed E-state index contributed by atoms with van der Waals surface area (Å²) >= 11 is 0. The molecule has 0 spiro atoms. The summed E-state index contributed by atoms with van der Waals surface area (Å²) in [5.41, 5.74) is 0.490. The van der Waals surface area contributed by atoms with Crippen molar-refractivity contribution >= 4 is 20.4 Å². The highest BCUT2D eigenvalue weighted by molar-refractivity contribution is 7.86. The molecule has 1 heterocycles. The van der Waals surface area contributed by atoms with Crippen LogP contribution >= 0.6 is 0 Å². The van der Waals surface area contributed by atoms with Gasteiger partial charge in [-0.3, -0.25) is 4.90 Å². The molecule has 0 amide bonds.